The van der Waals surface area contributed by atoms with Crippen LogP contribution >= 0.6 is 51.3 Å². The van der Waals surface area contributed by atoms with Gasteiger partial charge in [0.25, 0.3) is 0 Å². The van der Waals surface area contributed by atoms with Crippen molar-refractivity contribution in [3.63, 3.8) is 0 Å². The molecule has 0 spiro atoms. The van der Waals surface area contributed by atoms with E-state index in [0.29, 0.717) is 28.2 Å². The van der Waals surface area contributed by atoms with Crippen LogP contribution in [-0.4, -0.2) is 14.9 Å². The quantitative estimate of drug-likeness (QED) is 0.459. The third kappa shape index (κ3) is 4.73. The van der Waals surface area contributed by atoms with Gasteiger partial charge in [0.15, 0.2) is 10.9 Å². The maximum Gasteiger partial charge on any atom is 0.176 e. The Morgan fingerprint density at radius 2 is 1.92 bits per heavy atom. The van der Waals surface area contributed by atoms with Crippen molar-refractivity contribution in [2.75, 3.05) is 10.6 Å². The normalized spacial score (nSPS) is 10.6. The Labute approximate surface area is 173 Å². The molecule has 1 heterocycles. The molecule has 3 rings (SSSR count). The predicted octanol–water partition coefficient (Wildman–Crippen LogP) is 5.95. The third-order valence-electron chi connectivity index (χ3n) is 3.42. The van der Waals surface area contributed by atoms with Crippen molar-refractivity contribution in [1.29, 1.82) is 0 Å². The molecule has 3 aromatic rings. The zero-order valence-electron chi connectivity index (χ0n) is 13.1. The molecular formula is C17H12BrCl2FN4S. The first-order chi connectivity index (χ1) is 12.4. The standard InChI is InChI=1S/C17H12BrCl2FN4S/c18-12-9-25(8-10-3-1-2-4-13(10)19)24-16(12)23-17(26)22-11-5-6-15(21)14(20)7-11/h1-7,9H,8H2,(H2,22,23,24,26). The fourth-order valence-electron chi connectivity index (χ4n) is 2.21. The van der Waals surface area contributed by atoms with Crippen LogP contribution in [-0.2, 0) is 6.54 Å². The lowest BCUT2D eigenvalue weighted by Gasteiger charge is -2.09. The summed E-state index contributed by atoms with van der Waals surface area (Å²) in [6.07, 6.45) is 1.82. The molecule has 0 unspecified atom stereocenters. The Bertz CT molecular complexity index is 964. The molecule has 2 N–H and O–H groups in total. The molecule has 0 bridgehead atoms. The summed E-state index contributed by atoms with van der Waals surface area (Å²) in [5.74, 6) is 0.0555. The Kier molecular flexibility index (Phi) is 6.13. The lowest BCUT2D eigenvalue weighted by molar-refractivity contribution is 0.628. The molecule has 9 heteroatoms. The second-order valence-corrected chi connectivity index (χ2v) is 7.40. The predicted molar refractivity (Wildman–Crippen MR) is 112 cm³/mol. The minimum Gasteiger partial charge on any atom is -0.332 e. The van der Waals surface area contributed by atoms with Crippen LogP contribution in [0.4, 0.5) is 15.9 Å². The zero-order valence-corrected chi connectivity index (χ0v) is 17.1. The van der Waals surface area contributed by atoms with E-state index in [4.69, 9.17) is 35.4 Å². The van der Waals surface area contributed by atoms with Gasteiger partial charge >= 0.3 is 0 Å². The van der Waals surface area contributed by atoms with E-state index in [-0.39, 0.29) is 5.02 Å². The maximum absolute atomic E-state index is 13.2. The maximum atomic E-state index is 13.2. The average molecular weight is 474 g/mol. The van der Waals surface area contributed by atoms with E-state index >= 15 is 0 Å². The van der Waals surface area contributed by atoms with Crippen LogP contribution in [0.15, 0.2) is 53.1 Å². The minimum absolute atomic E-state index is 0.0167. The Balaban J connectivity index is 1.68. The molecule has 0 saturated carbocycles. The first-order valence-corrected chi connectivity index (χ1v) is 9.37. The van der Waals surface area contributed by atoms with Crippen molar-refractivity contribution in [2.45, 2.75) is 6.54 Å². The van der Waals surface area contributed by atoms with Crippen LogP contribution in [0, 0.1) is 5.82 Å². The zero-order chi connectivity index (χ0) is 18.7. The van der Waals surface area contributed by atoms with E-state index in [9.17, 15) is 4.39 Å². The van der Waals surface area contributed by atoms with E-state index in [0.717, 1.165) is 10.0 Å². The summed E-state index contributed by atoms with van der Waals surface area (Å²) >= 11 is 20.7. The van der Waals surface area contributed by atoms with Crippen LogP contribution in [0.5, 0.6) is 0 Å². The molecule has 0 radical (unpaired) electrons. The Morgan fingerprint density at radius 1 is 1.15 bits per heavy atom. The van der Waals surface area contributed by atoms with Crippen molar-refractivity contribution >= 4 is 68.0 Å². The molecule has 26 heavy (non-hydrogen) atoms. The number of halogens is 4. The van der Waals surface area contributed by atoms with Gasteiger partial charge in [0.2, 0.25) is 0 Å². The van der Waals surface area contributed by atoms with Crippen molar-refractivity contribution in [2.24, 2.45) is 0 Å². The van der Waals surface area contributed by atoms with E-state index in [1.807, 2.05) is 30.5 Å². The number of thiocarbonyl (C=S) groups is 1. The van der Waals surface area contributed by atoms with Gasteiger partial charge in [-0.2, -0.15) is 5.10 Å². The number of nitrogens with one attached hydrogen (secondary N) is 2. The lowest BCUT2D eigenvalue weighted by atomic mass is 10.2. The van der Waals surface area contributed by atoms with E-state index in [1.165, 1.54) is 12.1 Å². The molecule has 0 saturated heterocycles. The molecule has 0 atom stereocenters. The van der Waals surface area contributed by atoms with Crippen molar-refractivity contribution in [3.8, 4) is 0 Å². The summed E-state index contributed by atoms with van der Waals surface area (Å²) < 4.78 is 15.7. The van der Waals surface area contributed by atoms with E-state index in [1.54, 1.807) is 10.7 Å². The summed E-state index contributed by atoms with van der Waals surface area (Å²) in [4.78, 5) is 0. The molecular weight excluding hydrogens is 462 g/mol. The van der Waals surface area contributed by atoms with Crippen LogP contribution in [0.1, 0.15) is 5.56 Å². The monoisotopic (exact) mass is 472 g/mol. The molecule has 2 aromatic carbocycles. The third-order valence-corrected chi connectivity index (χ3v) is 4.86. The highest BCUT2D eigenvalue weighted by Gasteiger charge is 2.10. The molecule has 0 fully saturated rings. The van der Waals surface area contributed by atoms with Crippen LogP contribution in [0.2, 0.25) is 10.0 Å². The van der Waals surface area contributed by atoms with Gasteiger partial charge in [-0.15, -0.1) is 0 Å². The van der Waals surface area contributed by atoms with Crippen molar-refractivity contribution in [1.82, 2.24) is 9.78 Å². The van der Waals surface area contributed by atoms with Crippen LogP contribution < -0.4 is 10.6 Å². The summed E-state index contributed by atoms with van der Waals surface area (Å²) in [6.45, 7) is 0.522. The minimum atomic E-state index is -0.489. The lowest BCUT2D eigenvalue weighted by Crippen LogP contribution is -2.19. The summed E-state index contributed by atoms with van der Waals surface area (Å²) in [7, 11) is 0. The second kappa shape index (κ2) is 8.35. The number of hydrogen-bond acceptors (Lipinski definition) is 2. The first-order valence-electron chi connectivity index (χ1n) is 7.42. The largest absolute Gasteiger partial charge is 0.332 e. The fraction of sp³-hybridized carbons (Fsp3) is 0.0588. The number of aromatic nitrogens is 2. The van der Waals surface area contributed by atoms with Gasteiger partial charge in [0, 0.05) is 16.9 Å². The van der Waals surface area contributed by atoms with Gasteiger partial charge in [-0.05, 0) is 58.0 Å². The number of anilines is 2. The molecule has 0 aliphatic heterocycles. The smallest absolute Gasteiger partial charge is 0.176 e. The highest BCUT2D eigenvalue weighted by atomic mass is 79.9. The Morgan fingerprint density at radius 3 is 2.65 bits per heavy atom. The van der Waals surface area contributed by atoms with Crippen LogP contribution in [0.25, 0.3) is 0 Å². The number of nitrogens with zero attached hydrogens (tertiary/aromatic N) is 2. The molecule has 0 amide bonds. The van der Waals surface area contributed by atoms with E-state index < -0.39 is 5.82 Å². The fourth-order valence-corrected chi connectivity index (χ4v) is 3.21. The average Bonchev–Trinajstić information content (AvgIpc) is 2.92. The summed E-state index contributed by atoms with van der Waals surface area (Å²) in [5.41, 5.74) is 1.53. The van der Waals surface area contributed by atoms with E-state index in [2.05, 4.69) is 31.7 Å². The number of rotatable bonds is 4. The van der Waals surface area contributed by atoms with Gasteiger partial charge in [0.1, 0.15) is 5.82 Å². The summed E-state index contributed by atoms with van der Waals surface area (Å²) in [6, 6.07) is 11.8. The highest BCUT2D eigenvalue weighted by molar-refractivity contribution is 9.10. The molecule has 1 aromatic heterocycles. The van der Waals surface area contributed by atoms with Crippen LogP contribution in [0.3, 0.4) is 0 Å². The molecule has 4 nitrogen and oxygen atoms in total. The second-order valence-electron chi connectivity index (χ2n) is 5.32. The first kappa shape index (κ1) is 19.1. The topological polar surface area (TPSA) is 41.9 Å². The van der Waals surface area contributed by atoms with Gasteiger partial charge in [-0.25, -0.2) is 4.39 Å². The number of hydrogen-bond donors (Lipinski definition) is 2. The molecule has 0 aliphatic rings. The van der Waals surface area contributed by atoms with Crippen molar-refractivity contribution in [3.05, 3.63) is 74.6 Å². The molecule has 0 aliphatic carbocycles. The SMILES string of the molecule is Fc1ccc(NC(=S)Nc2nn(Cc3ccccc3Cl)cc2Br)cc1Cl. The van der Waals surface area contributed by atoms with Gasteiger partial charge in [0.05, 0.1) is 16.0 Å². The van der Waals surface area contributed by atoms with Gasteiger partial charge in [-0.1, -0.05) is 41.4 Å². The summed E-state index contributed by atoms with van der Waals surface area (Å²) in [5, 5.41) is 11.4. The van der Waals surface area contributed by atoms with Crippen molar-refractivity contribution < 1.29 is 4.39 Å². The Hall–Kier alpha value is -1.67. The number of benzene rings is 2. The van der Waals surface area contributed by atoms with Gasteiger partial charge in [-0.3, -0.25) is 4.68 Å². The highest BCUT2D eigenvalue weighted by Crippen LogP contribution is 2.23. The van der Waals surface area contributed by atoms with Gasteiger partial charge < -0.3 is 10.6 Å². The molecule has 134 valence electrons.